The van der Waals surface area contributed by atoms with Crippen LogP contribution in [-0.2, 0) is 0 Å². The van der Waals surface area contributed by atoms with Crippen molar-refractivity contribution in [2.45, 2.75) is 45.6 Å². The Morgan fingerprint density at radius 1 is 1.39 bits per heavy atom. The predicted octanol–water partition coefficient (Wildman–Crippen LogP) is 3.15. The Hall–Kier alpha value is -1.09. The first-order chi connectivity index (χ1) is 8.70. The Morgan fingerprint density at radius 3 is 2.61 bits per heavy atom. The minimum Gasteiger partial charge on any atom is -0.389 e. The molecule has 0 saturated carbocycles. The second-order valence-electron chi connectivity index (χ2n) is 5.34. The summed E-state index contributed by atoms with van der Waals surface area (Å²) in [5.41, 5.74) is 0.889. The van der Waals surface area contributed by atoms with Crippen LogP contribution >= 0.6 is 0 Å². The molecule has 0 spiro atoms. The van der Waals surface area contributed by atoms with Crippen LogP contribution < -0.4 is 4.90 Å². The molecule has 100 valence electrons. The Labute approximate surface area is 110 Å². The smallest absolute Gasteiger partial charge is 0.128 e. The average molecular weight is 248 g/mol. The van der Waals surface area contributed by atoms with E-state index in [1.807, 2.05) is 12.1 Å². The first-order valence-corrected chi connectivity index (χ1v) is 7.09. The van der Waals surface area contributed by atoms with Gasteiger partial charge in [0.2, 0.25) is 0 Å². The van der Waals surface area contributed by atoms with Gasteiger partial charge in [0.25, 0.3) is 0 Å². The number of hydrogen-bond donors (Lipinski definition) is 1. The Kier molecular flexibility index (Phi) is 4.59. The number of pyridine rings is 1. The lowest BCUT2D eigenvalue weighted by atomic mass is 9.92. The molecule has 0 amide bonds. The highest BCUT2D eigenvalue weighted by molar-refractivity contribution is 5.40. The highest BCUT2D eigenvalue weighted by Crippen LogP contribution is 2.25. The van der Waals surface area contributed by atoms with Crippen LogP contribution in [0.1, 0.15) is 51.2 Å². The van der Waals surface area contributed by atoms with Gasteiger partial charge in [0.15, 0.2) is 0 Å². The van der Waals surface area contributed by atoms with Crippen LogP contribution in [-0.4, -0.2) is 23.2 Å². The second-order valence-corrected chi connectivity index (χ2v) is 5.34. The van der Waals surface area contributed by atoms with Gasteiger partial charge >= 0.3 is 0 Å². The molecule has 3 nitrogen and oxygen atoms in total. The van der Waals surface area contributed by atoms with Gasteiger partial charge in [-0.15, -0.1) is 0 Å². The lowest BCUT2D eigenvalue weighted by molar-refractivity contribution is 0.199. The fourth-order valence-electron chi connectivity index (χ4n) is 2.69. The second kappa shape index (κ2) is 6.19. The number of aliphatic hydroxyl groups is 1. The zero-order chi connectivity index (χ0) is 13.0. The van der Waals surface area contributed by atoms with Crippen LogP contribution in [0.5, 0.6) is 0 Å². The molecule has 0 radical (unpaired) electrons. The van der Waals surface area contributed by atoms with Crippen molar-refractivity contribution in [3.63, 3.8) is 0 Å². The van der Waals surface area contributed by atoms with Gasteiger partial charge in [0.1, 0.15) is 5.82 Å². The number of piperidine rings is 1. The molecule has 0 unspecified atom stereocenters. The van der Waals surface area contributed by atoms with Gasteiger partial charge < -0.3 is 10.0 Å². The SMILES string of the molecule is CCCC1CCN(c2ccc([C@@H](C)O)cn2)CC1. The van der Waals surface area contributed by atoms with Crippen molar-refractivity contribution in [1.82, 2.24) is 4.98 Å². The van der Waals surface area contributed by atoms with Crippen LogP contribution in [0, 0.1) is 5.92 Å². The molecule has 2 rings (SSSR count). The van der Waals surface area contributed by atoms with Crippen molar-refractivity contribution in [2.75, 3.05) is 18.0 Å². The zero-order valence-corrected chi connectivity index (χ0v) is 11.5. The van der Waals surface area contributed by atoms with E-state index < -0.39 is 6.10 Å². The predicted molar refractivity (Wildman–Crippen MR) is 74.7 cm³/mol. The molecular weight excluding hydrogens is 224 g/mol. The standard InChI is InChI=1S/C15H24N2O/c1-3-4-13-7-9-17(10-8-13)15-6-5-14(11-16-15)12(2)18/h5-6,11-13,18H,3-4,7-10H2,1-2H3/t12-/m1/s1. The zero-order valence-electron chi connectivity index (χ0n) is 11.5. The molecule has 0 bridgehead atoms. The number of hydrogen-bond acceptors (Lipinski definition) is 3. The summed E-state index contributed by atoms with van der Waals surface area (Å²) in [6.07, 6.45) is 6.59. The van der Waals surface area contributed by atoms with E-state index in [1.165, 1.54) is 25.7 Å². The highest BCUT2D eigenvalue weighted by atomic mass is 16.3. The van der Waals surface area contributed by atoms with Crippen molar-refractivity contribution in [2.24, 2.45) is 5.92 Å². The molecule has 1 atom stereocenters. The van der Waals surface area contributed by atoms with Crippen molar-refractivity contribution >= 4 is 5.82 Å². The Bertz CT molecular complexity index is 353. The summed E-state index contributed by atoms with van der Waals surface area (Å²) in [5.74, 6) is 1.96. The fourth-order valence-corrected chi connectivity index (χ4v) is 2.69. The quantitative estimate of drug-likeness (QED) is 0.889. The summed E-state index contributed by atoms with van der Waals surface area (Å²) >= 11 is 0. The summed E-state index contributed by atoms with van der Waals surface area (Å²) in [7, 11) is 0. The van der Waals surface area contributed by atoms with Gasteiger partial charge in [-0.05, 0) is 37.3 Å². The number of aliphatic hydroxyl groups excluding tert-OH is 1. The third-order valence-electron chi connectivity index (χ3n) is 3.89. The van der Waals surface area contributed by atoms with Crippen molar-refractivity contribution in [3.05, 3.63) is 23.9 Å². The van der Waals surface area contributed by atoms with Gasteiger partial charge in [-0.2, -0.15) is 0 Å². The van der Waals surface area contributed by atoms with Crippen LogP contribution in [0.25, 0.3) is 0 Å². The highest BCUT2D eigenvalue weighted by Gasteiger charge is 2.19. The third kappa shape index (κ3) is 3.22. The molecule has 2 heterocycles. The molecule has 1 N–H and O–H groups in total. The maximum Gasteiger partial charge on any atom is 0.128 e. The Balaban J connectivity index is 1.93. The molecule has 0 aliphatic carbocycles. The number of rotatable bonds is 4. The van der Waals surface area contributed by atoms with Crippen molar-refractivity contribution in [3.8, 4) is 0 Å². The van der Waals surface area contributed by atoms with E-state index in [9.17, 15) is 5.11 Å². The maximum absolute atomic E-state index is 9.47. The molecule has 1 aromatic rings. The number of nitrogens with zero attached hydrogens (tertiary/aromatic N) is 2. The fraction of sp³-hybridized carbons (Fsp3) is 0.667. The number of aromatic nitrogens is 1. The first-order valence-electron chi connectivity index (χ1n) is 7.09. The van der Waals surface area contributed by atoms with Gasteiger partial charge in [-0.3, -0.25) is 0 Å². The molecule has 1 aromatic heterocycles. The molecule has 3 heteroatoms. The monoisotopic (exact) mass is 248 g/mol. The molecule has 1 aliphatic heterocycles. The van der Waals surface area contributed by atoms with Gasteiger partial charge in [0.05, 0.1) is 6.10 Å². The lowest BCUT2D eigenvalue weighted by Gasteiger charge is -2.32. The largest absolute Gasteiger partial charge is 0.389 e. The van der Waals surface area contributed by atoms with Crippen LogP contribution in [0.4, 0.5) is 5.82 Å². The summed E-state index contributed by atoms with van der Waals surface area (Å²) in [5, 5.41) is 9.47. The minimum atomic E-state index is -0.429. The normalized spacial score (nSPS) is 18.9. The number of anilines is 1. The summed E-state index contributed by atoms with van der Waals surface area (Å²) in [4.78, 5) is 6.82. The molecule has 0 aromatic carbocycles. The minimum absolute atomic E-state index is 0.429. The molecule has 1 aliphatic rings. The summed E-state index contributed by atoms with van der Waals surface area (Å²) < 4.78 is 0. The lowest BCUT2D eigenvalue weighted by Crippen LogP contribution is -2.34. The van der Waals surface area contributed by atoms with Crippen LogP contribution in [0.15, 0.2) is 18.3 Å². The van der Waals surface area contributed by atoms with Crippen LogP contribution in [0.2, 0.25) is 0 Å². The maximum atomic E-state index is 9.47. The van der Waals surface area contributed by atoms with Gasteiger partial charge in [-0.25, -0.2) is 4.98 Å². The molecule has 18 heavy (non-hydrogen) atoms. The van der Waals surface area contributed by atoms with Crippen molar-refractivity contribution in [1.29, 1.82) is 0 Å². The van der Waals surface area contributed by atoms with E-state index >= 15 is 0 Å². The van der Waals surface area contributed by atoms with Gasteiger partial charge in [-0.1, -0.05) is 25.8 Å². The molecule has 1 saturated heterocycles. The topological polar surface area (TPSA) is 36.4 Å². The van der Waals surface area contributed by atoms with Crippen LogP contribution in [0.3, 0.4) is 0 Å². The Morgan fingerprint density at radius 2 is 2.11 bits per heavy atom. The molecule has 1 fully saturated rings. The molecular formula is C15H24N2O. The van der Waals surface area contributed by atoms with E-state index in [4.69, 9.17) is 0 Å². The summed E-state index contributed by atoms with van der Waals surface area (Å²) in [6.45, 7) is 6.27. The first kappa shape index (κ1) is 13.3. The summed E-state index contributed by atoms with van der Waals surface area (Å²) in [6, 6.07) is 4.01. The van der Waals surface area contributed by atoms with E-state index in [0.29, 0.717) is 0 Å². The van der Waals surface area contributed by atoms with Gasteiger partial charge in [0, 0.05) is 19.3 Å². The van der Waals surface area contributed by atoms with E-state index in [2.05, 4.69) is 16.8 Å². The third-order valence-corrected chi connectivity index (χ3v) is 3.89. The van der Waals surface area contributed by atoms with E-state index in [-0.39, 0.29) is 0 Å². The van der Waals surface area contributed by atoms with E-state index in [0.717, 1.165) is 30.4 Å². The van der Waals surface area contributed by atoms with E-state index in [1.54, 1.807) is 13.1 Å². The van der Waals surface area contributed by atoms with Crippen molar-refractivity contribution < 1.29 is 5.11 Å². The average Bonchev–Trinajstić information content (AvgIpc) is 2.40.